The van der Waals surface area contributed by atoms with Gasteiger partial charge in [-0.05, 0) is 41.8 Å². The topological polar surface area (TPSA) is 50.4 Å². The zero-order valence-electron chi connectivity index (χ0n) is 16.3. The first-order chi connectivity index (χ1) is 14.1. The fraction of sp³-hybridized carbons (Fsp3) is 0.348. The van der Waals surface area contributed by atoms with Crippen molar-refractivity contribution in [3.05, 3.63) is 53.6 Å². The summed E-state index contributed by atoms with van der Waals surface area (Å²) in [6.45, 7) is 2.09. The number of H-pyrrole nitrogens is 1. The van der Waals surface area contributed by atoms with Gasteiger partial charge in [0.25, 0.3) is 0 Å². The second kappa shape index (κ2) is 6.15. The first-order valence-corrected chi connectivity index (χ1v) is 10.1. The van der Waals surface area contributed by atoms with Crippen LogP contribution in [0.25, 0.3) is 27.7 Å². The fourth-order valence-electron chi connectivity index (χ4n) is 5.01. The summed E-state index contributed by atoms with van der Waals surface area (Å²) >= 11 is 0. The first-order valence-electron chi connectivity index (χ1n) is 10.1. The van der Waals surface area contributed by atoms with E-state index in [4.69, 9.17) is 9.47 Å². The molecule has 1 N–H and O–H groups in total. The van der Waals surface area contributed by atoms with Crippen molar-refractivity contribution < 1.29 is 13.9 Å². The number of hydrogen-bond acceptors (Lipinski definition) is 4. The summed E-state index contributed by atoms with van der Waals surface area (Å²) in [5.74, 6) is -0.657. The van der Waals surface area contributed by atoms with Gasteiger partial charge < -0.3 is 19.4 Å². The Bertz CT molecular complexity index is 1160. The van der Waals surface area contributed by atoms with Gasteiger partial charge in [-0.1, -0.05) is 6.08 Å². The molecule has 0 saturated carbocycles. The highest BCUT2D eigenvalue weighted by Gasteiger charge is 2.38. The van der Waals surface area contributed by atoms with Crippen LogP contribution < -0.4 is 4.90 Å². The number of fused-ring (bicyclic) bond motifs is 2. The number of hydrogen-bond donors (Lipinski definition) is 1. The van der Waals surface area contributed by atoms with Crippen molar-refractivity contribution in [2.75, 3.05) is 25.2 Å². The third-order valence-corrected chi connectivity index (χ3v) is 6.42. The van der Waals surface area contributed by atoms with E-state index in [2.05, 4.69) is 28.0 Å². The van der Waals surface area contributed by atoms with Gasteiger partial charge in [0.15, 0.2) is 5.79 Å². The van der Waals surface area contributed by atoms with Gasteiger partial charge in [0.1, 0.15) is 11.5 Å². The minimum Gasteiger partial charge on any atom is -0.370 e. The van der Waals surface area contributed by atoms with E-state index in [1.165, 1.54) is 17.2 Å². The average Bonchev–Trinajstić information content (AvgIpc) is 3.30. The second-order valence-electron chi connectivity index (χ2n) is 8.12. The second-order valence-corrected chi connectivity index (χ2v) is 8.12. The van der Waals surface area contributed by atoms with Crippen LogP contribution in [0.1, 0.15) is 30.5 Å². The molecule has 1 aliphatic carbocycles. The molecule has 0 bridgehead atoms. The molecule has 2 aliphatic heterocycles. The molecule has 148 valence electrons. The average molecular weight is 391 g/mol. The quantitative estimate of drug-likeness (QED) is 0.657. The van der Waals surface area contributed by atoms with E-state index in [0.717, 1.165) is 59.3 Å². The van der Waals surface area contributed by atoms with E-state index in [1.807, 2.05) is 12.1 Å². The Morgan fingerprint density at radius 2 is 2.03 bits per heavy atom. The molecule has 0 atom stereocenters. The number of aromatic nitrogens is 2. The van der Waals surface area contributed by atoms with Crippen LogP contribution in [0.5, 0.6) is 0 Å². The van der Waals surface area contributed by atoms with E-state index in [0.29, 0.717) is 13.2 Å². The molecule has 5 nitrogen and oxygen atoms in total. The van der Waals surface area contributed by atoms with Crippen molar-refractivity contribution in [2.24, 2.45) is 0 Å². The molecule has 1 saturated heterocycles. The highest BCUT2D eigenvalue weighted by atomic mass is 19.1. The van der Waals surface area contributed by atoms with Gasteiger partial charge >= 0.3 is 0 Å². The van der Waals surface area contributed by atoms with Crippen molar-refractivity contribution in [1.29, 1.82) is 0 Å². The summed E-state index contributed by atoms with van der Waals surface area (Å²) in [5, 5.41) is 1.09. The van der Waals surface area contributed by atoms with Crippen LogP contribution >= 0.6 is 0 Å². The lowest BCUT2D eigenvalue weighted by Gasteiger charge is -2.30. The molecule has 3 aliphatic rings. The summed E-state index contributed by atoms with van der Waals surface area (Å²) in [6, 6.07) is 7.01. The van der Waals surface area contributed by atoms with Crippen LogP contribution in [0.4, 0.5) is 10.1 Å². The molecule has 6 rings (SSSR count). The molecular weight excluding hydrogens is 369 g/mol. The van der Waals surface area contributed by atoms with Crippen molar-refractivity contribution in [1.82, 2.24) is 9.97 Å². The van der Waals surface area contributed by atoms with E-state index in [9.17, 15) is 4.39 Å². The number of anilines is 1. The summed E-state index contributed by atoms with van der Waals surface area (Å²) in [6.07, 6.45) is 6.55. The first kappa shape index (κ1) is 17.2. The predicted molar refractivity (Wildman–Crippen MR) is 110 cm³/mol. The van der Waals surface area contributed by atoms with Gasteiger partial charge in [-0.25, -0.2) is 9.37 Å². The molecule has 1 fully saturated rings. The molecule has 0 amide bonds. The number of rotatable bonds is 1. The molecule has 6 heteroatoms. The number of ether oxygens (including phenoxy) is 2. The smallest absolute Gasteiger partial charge is 0.172 e. The Hall–Kier alpha value is -2.70. The molecule has 29 heavy (non-hydrogen) atoms. The van der Waals surface area contributed by atoms with E-state index < -0.39 is 5.79 Å². The lowest BCUT2D eigenvalue weighted by molar-refractivity contribution is -0.159. The maximum atomic E-state index is 14.1. The van der Waals surface area contributed by atoms with Gasteiger partial charge in [-0.2, -0.15) is 0 Å². The molecule has 1 spiro atoms. The monoisotopic (exact) mass is 391 g/mol. The molecular formula is C23H22FN3O2. The number of nitrogens with zero attached hydrogens (tertiary/aromatic N) is 2. The Balaban J connectivity index is 1.52. The van der Waals surface area contributed by atoms with Crippen LogP contribution in [0.3, 0.4) is 0 Å². The molecule has 3 aromatic rings. The fourth-order valence-corrected chi connectivity index (χ4v) is 5.01. The zero-order chi connectivity index (χ0) is 19.6. The lowest BCUT2D eigenvalue weighted by atomic mass is 9.90. The highest BCUT2D eigenvalue weighted by molar-refractivity contribution is 6.02. The number of pyridine rings is 1. The third kappa shape index (κ3) is 2.56. The number of allylic oxidation sites excluding steroid dienone is 1. The molecule has 4 heterocycles. The number of nitrogens with one attached hydrogen (secondary N) is 1. The Morgan fingerprint density at radius 1 is 1.17 bits per heavy atom. The van der Waals surface area contributed by atoms with Crippen LogP contribution in [0, 0.1) is 5.82 Å². The minimum atomic E-state index is -0.433. The van der Waals surface area contributed by atoms with Crippen molar-refractivity contribution in [3.8, 4) is 11.1 Å². The van der Waals surface area contributed by atoms with E-state index in [-0.39, 0.29) is 5.82 Å². The summed E-state index contributed by atoms with van der Waals surface area (Å²) in [5.41, 5.74) is 7.46. The standard InChI is InChI=1S/C23H22FN3O2/c1-27-13-18-20-16(17-12-15(24)2-3-19(17)27)6-9-25-22(20)26-21(18)14-4-7-23(8-5-14)28-10-11-29-23/h2-4,6,9,12H,5,7-8,10-11,13H2,1H3,(H,25,26). The van der Waals surface area contributed by atoms with Crippen LogP contribution in [-0.2, 0) is 16.0 Å². The number of aromatic amines is 1. The predicted octanol–water partition coefficient (Wildman–Crippen LogP) is 4.63. The van der Waals surface area contributed by atoms with Crippen LogP contribution in [-0.4, -0.2) is 36.0 Å². The van der Waals surface area contributed by atoms with Gasteiger partial charge in [-0.15, -0.1) is 0 Å². The maximum Gasteiger partial charge on any atom is 0.172 e. The van der Waals surface area contributed by atoms with Gasteiger partial charge in [0.05, 0.1) is 13.2 Å². The minimum absolute atomic E-state index is 0.224. The van der Waals surface area contributed by atoms with E-state index >= 15 is 0 Å². The molecule has 0 radical (unpaired) electrons. The molecule has 2 aromatic heterocycles. The molecule has 1 aromatic carbocycles. The maximum absolute atomic E-state index is 14.1. The van der Waals surface area contributed by atoms with Gasteiger partial charge in [0.2, 0.25) is 0 Å². The largest absolute Gasteiger partial charge is 0.370 e. The Morgan fingerprint density at radius 3 is 2.83 bits per heavy atom. The highest BCUT2D eigenvalue weighted by Crippen LogP contribution is 2.45. The van der Waals surface area contributed by atoms with E-state index in [1.54, 1.807) is 12.3 Å². The Labute approximate surface area is 168 Å². The normalized spacial score (nSPS) is 20.1. The van der Waals surface area contributed by atoms with Crippen molar-refractivity contribution in [2.45, 2.75) is 31.6 Å². The van der Waals surface area contributed by atoms with Crippen LogP contribution in [0.2, 0.25) is 0 Å². The van der Waals surface area contributed by atoms with Gasteiger partial charge in [-0.3, -0.25) is 0 Å². The summed E-state index contributed by atoms with van der Waals surface area (Å²) in [7, 11) is 2.06. The van der Waals surface area contributed by atoms with Crippen molar-refractivity contribution in [3.63, 3.8) is 0 Å². The van der Waals surface area contributed by atoms with Gasteiger partial charge in [0, 0.05) is 60.5 Å². The summed E-state index contributed by atoms with van der Waals surface area (Å²) < 4.78 is 25.8. The molecule has 0 unspecified atom stereocenters. The zero-order valence-corrected chi connectivity index (χ0v) is 16.3. The SMILES string of the molecule is CN1Cc2c(C3=CCC4(CC3)OCCO4)[nH]c3nccc(c23)-c2cc(F)ccc21. The lowest BCUT2D eigenvalue weighted by Crippen LogP contribution is -2.31. The number of halogens is 1. The number of benzene rings is 1. The third-order valence-electron chi connectivity index (χ3n) is 6.42. The Kier molecular flexibility index (Phi) is 3.64. The summed E-state index contributed by atoms with van der Waals surface area (Å²) in [4.78, 5) is 10.3. The van der Waals surface area contributed by atoms with Crippen molar-refractivity contribution >= 4 is 22.3 Å². The van der Waals surface area contributed by atoms with Crippen LogP contribution in [0.15, 0.2) is 36.5 Å².